The van der Waals surface area contributed by atoms with E-state index in [0.29, 0.717) is 9.92 Å². The van der Waals surface area contributed by atoms with Gasteiger partial charge < -0.3 is 4.55 Å². The molecule has 1 rings (SSSR count). The number of hydrogen-bond acceptors (Lipinski definition) is 1. The molecule has 0 aliphatic rings. The highest BCUT2D eigenvalue weighted by molar-refractivity contribution is 7.90. The van der Waals surface area contributed by atoms with Crippen LogP contribution in [0.2, 0.25) is 5.02 Å². The van der Waals surface area contributed by atoms with Gasteiger partial charge in [0, 0.05) is 6.07 Å². The zero-order valence-corrected chi connectivity index (χ0v) is 7.00. The van der Waals surface area contributed by atoms with Crippen LogP contribution in [-0.4, -0.2) is 10.8 Å². The maximum Gasteiger partial charge on any atom is 0.171 e. The second-order valence-corrected chi connectivity index (χ2v) is 3.57. The Morgan fingerprint density at radius 1 is 1.70 bits per heavy atom. The monoisotopic (exact) mass is 173 g/mol. The van der Waals surface area contributed by atoms with Gasteiger partial charge in [0.25, 0.3) is 0 Å². The molecule has 0 bridgehead atoms. The fourth-order valence-electron chi connectivity index (χ4n) is 0.616. The van der Waals surface area contributed by atoms with Crippen LogP contribution in [0.25, 0.3) is 0 Å². The smallest absolute Gasteiger partial charge is 0.171 e. The van der Waals surface area contributed by atoms with Crippen molar-refractivity contribution in [1.82, 2.24) is 0 Å². The average Bonchev–Trinajstić information content (AvgIpc) is 1.88. The SMILES string of the molecule is C[S+]([O-])c1c[c]ccc1Cl. The molecule has 0 N–H and O–H groups in total. The number of halogens is 1. The predicted molar refractivity (Wildman–Crippen MR) is 42.6 cm³/mol. The van der Waals surface area contributed by atoms with Crippen molar-refractivity contribution in [3.63, 3.8) is 0 Å². The molecule has 1 nitrogen and oxygen atoms in total. The van der Waals surface area contributed by atoms with Crippen LogP contribution in [0.4, 0.5) is 0 Å². The van der Waals surface area contributed by atoms with Crippen molar-refractivity contribution in [2.75, 3.05) is 6.26 Å². The summed E-state index contributed by atoms with van der Waals surface area (Å²) in [5.74, 6) is 0. The van der Waals surface area contributed by atoms with Gasteiger partial charge in [0.15, 0.2) is 4.90 Å². The van der Waals surface area contributed by atoms with Gasteiger partial charge in [0.2, 0.25) is 0 Å². The molecule has 1 radical (unpaired) electrons. The topological polar surface area (TPSA) is 23.1 Å². The Balaban J connectivity index is 3.03. The highest BCUT2D eigenvalue weighted by Gasteiger charge is 2.07. The van der Waals surface area contributed by atoms with Crippen molar-refractivity contribution in [2.24, 2.45) is 0 Å². The summed E-state index contributed by atoms with van der Waals surface area (Å²) in [6, 6.07) is 7.82. The molecule has 1 aromatic carbocycles. The largest absolute Gasteiger partial charge is 0.612 e. The molecule has 0 heterocycles. The molecule has 1 atom stereocenters. The summed E-state index contributed by atoms with van der Waals surface area (Å²) in [5, 5.41) is 0.541. The van der Waals surface area contributed by atoms with E-state index in [1.54, 1.807) is 24.5 Å². The highest BCUT2D eigenvalue weighted by atomic mass is 35.5. The summed E-state index contributed by atoms with van der Waals surface area (Å²) in [4.78, 5) is 0.643. The van der Waals surface area contributed by atoms with E-state index in [0.717, 1.165) is 0 Å². The minimum absolute atomic E-state index is 0.541. The number of hydrogen-bond donors (Lipinski definition) is 0. The Hall–Kier alpha value is -0.180. The molecule has 0 saturated carbocycles. The van der Waals surface area contributed by atoms with E-state index in [1.165, 1.54) is 0 Å². The fourth-order valence-corrected chi connectivity index (χ4v) is 1.64. The molecule has 0 spiro atoms. The first-order chi connectivity index (χ1) is 4.72. The van der Waals surface area contributed by atoms with Crippen molar-refractivity contribution < 1.29 is 4.55 Å². The lowest BCUT2D eigenvalue weighted by atomic mass is 10.4. The molecule has 1 unspecified atom stereocenters. The minimum Gasteiger partial charge on any atom is -0.612 e. The van der Waals surface area contributed by atoms with Crippen molar-refractivity contribution >= 4 is 22.8 Å². The van der Waals surface area contributed by atoms with Gasteiger partial charge in [-0.1, -0.05) is 17.7 Å². The summed E-state index contributed by atoms with van der Waals surface area (Å²) in [7, 11) is 0. The van der Waals surface area contributed by atoms with Crippen LogP contribution in [0.1, 0.15) is 0 Å². The van der Waals surface area contributed by atoms with Gasteiger partial charge in [-0.3, -0.25) is 0 Å². The second kappa shape index (κ2) is 3.28. The standard InChI is InChI=1S/C7H6ClOS/c1-10(9)7-5-3-2-4-6(7)8/h2,4-5H,1H3. The number of benzene rings is 1. The lowest BCUT2D eigenvalue weighted by Gasteiger charge is -2.03. The Kier molecular flexibility index (Phi) is 2.60. The van der Waals surface area contributed by atoms with Crippen LogP contribution < -0.4 is 0 Å². The van der Waals surface area contributed by atoms with Crippen molar-refractivity contribution in [3.05, 3.63) is 29.3 Å². The van der Waals surface area contributed by atoms with Crippen molar-refractivity contribution in [2.45, 2.75) is 4.90 Å². The maximum absolute atomic E-state index is 10.9. The summed E-state index contributed by atoms with van der Waals surface area (Å²) < 4.78 is 10.9. The van der Waals surface area contributed by atoms with Crippen LogP contribution in [0, 0.1) is 6.07 Å². The lowest BCUT2D eigenvalue weighted by molar-refractivity contribution is 0.601. The molecule has 3 heteroatoms. The van der Waals surface area contributed by atoms with Gasteiger partial charge in [0.1, 0.15) is 6.26 Å². The normalized spacial score (nSPS) is 13.1. The Morgan fingerprint density at radius 3 is 2.80 bits per heavy atom. The summed E-state index contributed by atoms with van der Waals surface area (Å²) in [6.07, 6.45) is 1.59. The van der Waals surface area contributed by atoms with E-state index < -0.39 is 11.2 Å². The molecule has 0 aliphatic heterocycles. The first-order valence-electron chi connectivity index (χ1n) is 2.71. The van der Waals surface area contributed by atoms with Gasteiger partial charge in [-0.15, -0.1) is 0 Å². The van der Waals surface area contributed by atoms with Gasteiger partial charge in [0.05, 0.1) is 5.02 Å². The van der Waals surface area contributed by atoms with E-state index >= 15 is 0 Å². The van der Waals surface area contributed by atoms with Gasteiger partial charge in [-0.25, -0.2) is 0 Å². The highest BCUT2D eigenvalue weighted by Crippen LogP contribution is 2.19. The summed E-state index contributed by atoms with van der Waals surface area (Å²) in [5.41, 5.74) is 0. The average molecular weight is 174 g/mol. The van der Waals surface area contributed by atoms with E-state index in [9.17, 15) is 4.55 Å². The van der Waals surface area contributed by atoms with Gasteiger partial charge >= 0.3 is 0 Å². The van der Waals surface area contributed by atoms with Crippen LogP contribution in [0.15, 0.2) is 23.1 Å². The zero-order chi connectivity index (χ0) is 7.56. The molecule has 0 aromatic heterocycles. The van der Waals surface area contributed by atoms with Crippen LogP contribution >= 0.6 is 11.6 Å². The Morgan fingerprint density at radius 2 is 2.40 bits per heavy atom. The third-order valence-electron chi connectivity index (χ3n) is 1.09. The quantitative estimate of drug-likeness (QED) is 0.595. The van der Waals surface area contributed by atoms with Crippen LogP contribution in [0.5, 0.6) is 0 Å². The predicted octanol–water partition coefficient (Wildman–Crippen LogP) is 1.88. The number of rotatable bonds is 1. The van der Waals surface area contributed by atoms with Crippen molar-refractivity contribution in [3.8, 4) is 0 Å². The van der Waals surface area contributed by atoms with Gasteiger partial charge in [-0.05, 0) is 23.3 Å². The molecular formula is C7H6ClOS. The molecule has 10 heavy (non-hydrogen) atoms. The second-order valence-electron chi connectivity index (χ2n) is 1.81. The molecule has 0 aliphatic carbocycles. The van der Waals surface area contributed by atoms with E-state index in [-0.39, 0.29) is 0 Å². The lowest BCUT2D eigenvalue weighted by Crippen LogP contribution is -1.97. The summed E-state index contributed by atoms with van der Waals surface area (Å²) in [6.45, 7) is 0. The zero-order valence-electron chi connectivity index (χ0n) is 5.43. The third kappa shape index (κ3) is 1.66. The first kappa shape index (κ1) is 7.92. The van der Waals surface area contributed by atoms with Crippen LogP contribution in [-0.2, 0) is 11.2 Å². The third-order valence-corrected chi connectivity index (χ3v) is 2.48. The molecule has 0 fully saturated rings. The molecule has 53 valence electrons. The van der Waals surface area contributed by atoms with E-state index in [1.807, 2.05) is 0 Å². The van der Waals surface area contributed by atoms with Crippen LogP contribution in [0.3, 0.4) is 0 Å². The Bertz CT molecular complexity index is 225. The van der Waals surface area contributed by atoms with Gasteiger partial charge in [-0.2, -0.15) is 0 Å². The van der Waals surface area contributed by atoms with E-state index in [4.69, 9.17) is 11.6 Å². The first-order valence-corrected chi connectivity index (χ1v) is 4.64. The molecular weight excluding hydrogens is 168 g/mol. The maximum atomic E-state index is 10.9. The summed E-state index contributed by atoms with van der Waals surface area (Å²) >= 11 is 4.70. The molecule has 1 aromatic rings. The Labute approximate surface area is 68.2 Å². The van der Waals surface area contributed by atoms with E-state index in [2.05, 4.69) is 6.07 Å². The minimum atomic E-state index is -1.00. The molecule has 0 amide bonds. The fraction of sp³-hybridized carbons (Fsp3) is 0.143. The van der Waals surface area contributed by atoms with Crippen molar-refractivity contribution in [1.29, 1.82) is 0 Å². The molecule has 0 saturated heterocycles.